The van der Waals surface area contributed by atoms with Gasteiger partial charge in [-0.15, -0.1) is 0 Å². The van der Waals surface area contributed by atoms with Crippen LogP contribution in [0.3, 0.4) is 0 Å². The molecule has 2 rings (SSSR count). The zero-order valence-electron chi connectivity index (χ0n) is 12.1. The van der Waals surface area contributed by atoms with E-state index in [1.165, 1.54) is 0 Å². The third-order valence-electron chi connectivity index (χ3n) is 3.41. The van der Waals surface area contributed by atoms with Gasteiger partial charge in [0.25, 0.3) is 0 Å². The van der Waals surface area contributed by atoms with Gasteiger partial charge >= 0.3 is 0 Å². The summed E-state index contributed by atoms with van der Waals surface area (Å²) in [5, 5.41) is 17.2. The molecule has 1 aromatic rings. The molecule has 0 saturated heterocycles. The Morgan fingerprint density at radius 3 is 2.90 bits per heavy atom. The topological polar surface area (TPSA) is 57.4 Å². The molecule has 1 heterocycles. The Balaban J connectivity index is 2.01. The molecule has 0 spiro atoms. The van der Waals surface area contributed by atoms with Crippen LogP contribution in [0.25, 0.3) is 0 Å². The Morgan fingerprint density at radius 2 is 2.29 bits per heavy atom. The molecule has 0 fully saturated rings. The van der Waals surface area contributed by atoms with Gasteiger partial charge in [0.15, 0.2) is 6.54 Å². The van der Waals surface area contributed by atoms with Crippen molar-refractivity contribution < 1.29 is 9.33 Å². The van der Waals surface area contributed by atoms with E-state index in [2.05, 4.69) is 16.5 Å². The molecule has 0 saturated carbocycles. The molecule has 110 valence electrons. The number of hydrogen-bond donors (Lipinski definition) is 1. The number of rotatable bonds is 6. The van der Waals surface area contributed by atoms with E-state index in [0.29, 0.717) is 28.5 Å². The summed E-state index contributed by atoms with van der Waals surface area (Å²) < 4.78 is 5.45. The maximum atomic E-state index is 8.88. The van der Waals surface area contributed by atoms with Crippen LogP contribution in [0.4, 0.5) is 0 Å². The minimum absolute atomic E-state index is 0.322. The summed E-state index contributed by atoms with van der Waals surface area (Å²) in [6.45, 7) is 3.74. The van der Waals surface area contributed by atoms with Gasteiger partial charge in [0.2, 0.25) is 0 Å². The first-order valence-electron chi connectivity index (χ1n) is 6.71. The average molecular weight is 306 g/mol. The quantitative estimate of drug-likeness (QED) is 0.649. The van der Waals surface area contributed by atoms with Crippen LogP contribution in [-0.4, -0.2) is 31.0 Å². The Bertz CT molecular complexity index is 621. The molecule has 0 bridgehead atoms. The second-order valence-corrected chi connectivity index (χ2v) is 5.18. The van der Waals surface area contributed by atoms with Crippen LogP contribution in [0, 0.1) is 11.3 Å². The third-order valence-corrected chi connectivity index (χ3v) is 3.71. The normalized spacial score (nSPS) is 20.0. The van der Waals surface area contributed by atoms with E-state index in [9.17, 15) is 0 Å². The highest BCUT2D eigenvalue weighted by Gasteiger charge is 2.27. The fraction of sp³-hybridized carbons (Fsp3) is 0.333. The van der Waals surface area contributed by atoms with Crippen molar-refractivity contribution in [2.75, 3.05) is 20.2 Å². The van der Waals surface area contributed by atoms with E-state index in [1.54, 1.807) is 13.3 Å². The van der Waals surface area contributed by atoms with Crippen LogP contribution in [-0.2, 0) is 6.54 Å². The predicted octanol–water partition coefficient (Wildman–Crippen LogP) is 2.64. The number of benzene rings is 1. The molecule has 0 radical (unpaired) electrons. The van der Waals surface area contributed by atoms with Crippen molar-refractivity contribution in [3.63, 3.8) is 0 Å². The second-order valence-electron chi connectivity index (χ2n) is 4.77. The zero-order chi connectivity index (χ0) is 15.3. The first kappa shape index (κ1) is 15.4. The number of hydrogen-bond acceptors (Lipinski definition) is 4. The third kappa shape index (κ3) is 3.54. The van der Waals surface area contributed by atoms with Crippen LogP contribution in [0.5, 0.6) is 5.75 Å². The maximum Gasteiger partial charge on any atom is 0.194 e. The standard InChI is InChI=1S/C15H18ClN4O/c1-3-20(7-6-17)11-13(10-19-20)18-9-12-4-5-15(21-2)14(16)8-12/h4-5,8,10-11,18H,3,7,9H2,1-2H3/q+1. The molecule has 0 aromatic heterocycles. The van der Waals surface area contributed by atoms with Crippen molar-refractivity contribution in [3.05, 3.63) is 40.7 Å². The van der Waals surface area contributed by atoms with Crippen molar-refractivity contribution in [3.8, 4) is 11.8 Å². The Labute approximate surface area is 129 Å². The molecule has 1 aliphatic heterocycles. The summed E-state index contributed by atoms with van der Waals surface area (Å²) in [6, 6.07) is 7.85. The summed E-state index contributed by atoms with van der Waals surface area (Å²) in [5.74, 6) is 0.665. The highest BCUT2D eigenvalue weighted by molar-refractivity contribution is 6.32. The highest BCUT2D eigenvalue weighted by Crippen LogP contribution is 2.25. The number of nitrogens with one attached hydrogen (secondary N) is 1. The van der Waals surface area contributed by atoms with Crippen LogP contribution < -0.4 is 10.1 Å². The molecule has 5 nitrogen and oxygen atoms in total. The van der Waals surface area contributed by atoms with E-state index >= 15 is 0 Å². The minimum atomic E-state index is 0.322. The lowest BCUT2D eigenvalue weighted by molar-refractivity contribution is -0.875. The number of methoxy groups -OCH3 is 1. The van der Waals surface area contributed by atoms with Crippen molar-refractivity contribution in [1.29, 1.82) is 5.26 Å². The molecule has 21 heavy (non-hydrogen) atoms. The van der Waals surface area contributed by atoms with Crippen molar-refractivity contribution in [1.82, 2.24) is 5.32 Å². The molecule has 1 aromatic carbocycles. The first-order chi connectivity index (χ1) is 10.1. The molecule has 0 aliphatic carbocycles. The predicted molar refractivity (Wildman–Crippen MR) is 82.7 cm³/mol. The fourth-order valence-corrected chi connectivity index (χ4v) is 2.39. The molecule has 1 aliphatic rings. The van der Waals surface area contributed by atoms with Crippen molar-refractivity contribution in [2.24, 2.45) is 5.10 Å². The van der Waals surface area contributed by atoms with Crippen molar-refractivity contribution in [2.45, 2.75) is 13.5 Å². The summed E-state index contributed by atoms with van der Waals surface area (Å²) in [5.41, 5.74) is 1.97. The minimum Gasteiger partial charge on any atom is -0.495 e. The number of quaternary nitrogens is 1. The monoisotopic (exact) mass is 305 g/mol. The van der Waals surface area contributed by atoms with Gasteiger partial charge in [-0.05, 0) is 24.6 Å². The summed E-state index contributed by atoms with van der Waals surface area (Å²) in [7, 11) is 1.59. The number of nitrogens with zero attached hydrogens (tertiary/aromatic N) is 3. The van der Waals surface area contributed by atoms with Gasteiger partial charge in [0, 0.05) is 6.54 Å². The van der Waals surface area contributed by atoms with Gasteiger partial charge in [-0.3, -0.25) is 0 Å². The van der Waals surface area contributed by atoms with Gasteiger partial charge in [0.1, 0.15) is 36.5 Å². The van der Waals surface area contributed by atoms with Crippen LogP contribution >= 0.6 is 11.6 Å². The largest absolute Gasteiger partial charge is 0.495 e. The molecular weight excluding hydrogens is 288 g/mol. The molecule has 1 N–H and O–H groups in total. The Kier molecular flexibility index (Phi) is 4.84. The summed E-state index contributed by atoms with van der Waals surface area (Å²) in [6.07, 6.45) is 3.74. The zero-order valence-corrected chi connectivity index (χ0v) is 12.9. The second kappa shape index (κ2) is 6.61. The molecule has 1 unspecified atom stereocenters. The SMILES string of the molecule is CC[N+]1(CC#N)C=C(NCc2ccc(OC)c(Cl)c2)C=N1. The summed E-state index contributed by atoms with van der Waals surface area (Å²) in [4.78, 5) is 0. The molecule has 0 amide bonds. The highest BCUT2D eigenvalue weighted by atomic mass is 35.5. The van der Waals surface area contributed by atoms with E-state index in [0.717, 1.165) is 17.8 Å². The first-order valence-corrected chi connectivity index (χ1v) is 7.08. The van der Waals surface area contributed by atoms with E-state index in [1.807, 2.05) is 31.3 Å². The van der Waals surface area contributed by atoms with Gasteiger partial charge < -0.3 is 10.1 Å². The van der Waals surface area contributed by atoms with Crippen LogP contribution in [0.1, 0.15) is 12.5 Å². The molecular formula is C15H18ClN4O+. The smallest absolute Gasteiger partial charge is 0.194 e. The maximum absolute atomic E-state index is 8.88. The van der Waals surface area contributed by atoms with Gasteiger partial charge in [0.05, 0.1) is 12.1 Å². The van der Waals surface area contributed by atoms with Gasteiger partial charge in [-0.25, -0.2) is 0 Å². The Morgan fingerprint density at radius 1 is 1.48 bits per heavy atom. The molecule has 1 atom stereocenters. The fourth-order valence-electron chi connectivity index (χ4n) is 2.11. The van der Waals surface area contributed by atoms with E-state index in [-0.39, 0.29) is 0 Å². The lowest BCUT2D eigenvalue weighted by Crippen LogP contribution is -2.35. The number of nitriles is 1. The van der Waals surface area contributed by atoms with Gasteiger partial charge in [-0.2, -0.15) is 9.85 Å². The lowest BCUT2D eigenvalue weighted by atomic mass is 10.2. The van der Waals surface area contributed by atoms with Crippen LogP contribution in [0.2, 0.25) is 5.02 Å². The van der Waals surface area contributed by atoms with Gasteiger partial charge in [-0.1, -0.05) is 22.8 Å². The molecule has 6 heteroatoms. The van der Waals surface area contributed by atoms with E-state index < -0.39 is 0 Å². The number of allylic oxidation sites excluding steroid dienone is 1. The average Bonchev–Trinajstić information content (AvgIpc) is 2.90. The van der Waals surface area contributed by atoms with E-state index in [4.69, 9.17) is 21.6 Å². The number of ether oxygens (including phenoxy) is 1. The summed E-state index contributed by atoms with van der Waals surface area (Å²) >= 11 is 6.10. The Hall–Kier alpha value is -2.03. The lowest BCUT2D eigenvalue weighted by Gasteiger charge is -2.20. The van der Waals surface area contributed by atoms with Crippen molar-refractivity contribution >= 4 is 17.8 Å². The van der Waals surface area contributed by atoms with Crippen LogP contribution in [0.15, 0.2) is 35.2 Å². The number of halogens is 1.